The maximum absolute atomic E-state index is 14.0. The Bertz CT molecular complexity index is 1390. The van der Waals surface area contributed by atoms with Gasteiger partial charge in [0, 0.05) is 11.8 Å². The van der Waals surface area contributed by atoms with Crippen molar-refractivity contribution in [3.8, 4) is 16.9 Å². The highest BCUT2D eigenvalue weighted by molar-refractivity contribution is 6.32. The van der Waals surface area contributed by atoms with E-state index in [4.69, 9.17) is 16.3 Å². The molecule has 1 atom stereocenters. The third-order valence-electron chi connectivity index (χ3n) is 5.81. The maximum atomic E-state index is 14.0. The third kappa shape index (κ3) is 4.19. The van der Waals surface area contributed by atoms with Gasteiger partial charge in [0.25, 0.3) is 0 Å². The lowest BCUT2D eigenvalue weighted by Gasteiger charge is -2.14. The van der Waals surface area contributed by atoms with Gasteiger partial charge in [-0.2, -0.15) is 5.10 Å². The third-order valence-corrected chi connectivity index (χ3v) is 5.81. The Balaban J connectivity index is 1.52. The molecular formula is C25H24FN7O. The molecule has 2 aromatic carbocycles. The number of hydrogen-bond donors (Lipinski definition) is 2. The first-order valence-electron chi connectivity index (χ1n) is 11.0. The second kappa shape index (κ2) is 8.93. The molecule has 172 valence electrons. The van der Waals surface area contributed by atoms with Crippen molar-refractivity contribution in [1.29, 1.82) is 0 Å². The Morgan fingerprint density at radius 3 is 2.65 bits per heavy atom. The average molecular weight is 458 g/mol. The molecule has 1 fully saturated rings. The van der Waals surface area contributed by atoms with E-state index in [0.29, 0.717) is 23.3 Å². The van der Waals surface area contributed by atoms with E-state index in [2.05, 4.69) is 20.1 Å². The minimum absolute atomic E-state index is 0.203. The van der Waals surface area contributed by atoms with Crippen molar-refractivity contribution in [3.63, 3.8) is 0 Å². The van der Waals surface area contributed by atoms with Crippen LogP contribution >= 0.6 is 0 Å². The molecule has 2 heterocycles. The molecule has 4 aromatic rings. The molecule has 0 bridgehead atoms. The van der Waals surface area contributed by atoms with Crippen molar-refractivity contribution in [1.82, 2.24) is 14.5 Å². The summed E-state index contributed by atoms with van der Waals surface area (Å²) in [5, 5.41) is 4.63. The molecular weight excluding hydrogens is 433 g/mol. The minimum atomic E-state index is -0.425. The molecule has 9 heteroatoms. The Morgan fingerprint density at radius 2 is 1.94 bits per heavy atom. The van der Waals surface area contributed by atoms with Gasteiger partial charge in [-0.3, -0.25) is 4.99 Å². The second-order valence-corrected chi connectivity index (χ2v) is 8.19. The molecule has 1 aliphatic carbocycles. The minimum Gasteiger partial charge on any atom is -0.490 e. The molecule has 0 radical (unpaired) electrons. The largest absolute Gasteiger partial charge is 0.490 e. The quantitative estimate of drug-likeness (QED) is 0.238. The first-order chi connectivity index (χ1) is 16.5. The summed E-state index contributed by atoms with van der Waals surface area (Å²) >= 11 is 0. The number of hydrogen-bond acceptors (Lipinski definition) is 7. The molecule has 1 aliphatic rings. The monoisotopic (exact) mass is 457 g/mol. The van der Waals surface area contributed by atoms with Gasteiger partial charge in [-0.15, -0.1) is 0 Å². The Kier molecular flexibility index (Phi) is 5.67. The molecule has 0 aliphatic heterocycles. The van der Waals surface area contributed by atoms with Crippen LogP contribution in [0.15, 0.2) is 71.1 Å². The second-order valence-electron chi connectivity index (χ2n) is 8.19. The van der Waals surface area contributed by atoms with E-state index in [9.17, 15) is 4.39 Å². The van der Waals surface area contributed by atoms with Gasteiger partial charge in [0.05, 0.1) is 29.4 Å². The van der Waals surface area contributed by atoms with Gasteiger partial charge in [0.1, 0.15) is 35.1 Å². The zero-order valence-corrected chi connectivity index (χ0v) is 18.6. The number of halogens is 1. The molecule has 0 saturated heterocycles. The summed E-state index contributed by atoms with van der Waals surface area (Å²) in [6.45, 7) is 1.91. The number of aliphatic imine (C=N–C) groups is 1. The van der Waals surface area contributed by atoms with Crippen LogP contribution in [0.4, 0.5) is 15.9 Å². The van der Waals surface area contributed by atoms with E-state index in [1.807, 2.05) is 42.0 Å². The number of rotatable bonds is 7. The van der Waals surface area contributed by atoms with Crippen LogP contribution in [-0.2, 0) is 0 Å². The van der Waals surface area contributed by atoms with Crippen LogP contribution in [0.3, 0.4) is 0 Å². The fourth-order valence-electron chi connectivity index (χ4n) is 3.80. The van der Waals surface area contributed by atoms with Crippen molar-refractivity contribution >= 4 is 34.5 Å². The number of aromatic nitrogens is 3. The average Bonchev–Trinajstić information content (AvgIpc) is 3.57. The molecule has 34 heavy (non-hydrogen) atoms. The van der Waals surface area contributed by atoms with Gasteiger partial charge < -0.3 is 20.9 Å². The predicted octanol–water partition coefficient (Wildman–Crippen LogP) is 4.64. The van der Waals surface area contributed by atoms with Crippen molar-refractivity contribution in [2.24, 2.45) is 15.9 Å². The SMILES string of the molecule is CC(C(C=Nc1ccccc1F)=NN)n1cc(-c2ccc(OC3CC3)cc2)c2c(N)ncnc21. The highest BCUT2D eigenvalue weighted by Crippen LogP contribution is 2.36. The van der Waals surface area contributed by atoms with Crippen LogP contribution in [0.1, 0.15) is 25.8 Å². The fraction of sp³-hybridized carbons (Fsp3) is 0.200. The van der Waals surface area contributed by atoms with E-state index in [0.717, 1.165) is 35.1 Å². The normalized spacial score (nSPS) is 15.2. The maximum Gasteiger partial charge on any atom is 0.148 e. The van der Waals surface area contributed by atoms with Gasteiger partial charge >= 0.3 is 0 Å². The zero-order chi connectivity index (χ0) is 23.7. The van der Waals surface area contributed by atoms with Crippen LogP contribution in [0, 0.1) is 5.82 Å². The number of benzene rings is 2. The molecule has 1 saturated carbocycles. The highest BCUT2D eigenvalue weighted by Gasteiger charge is 2.24. The molecule has 0 amide bonds. The van der Waals surface area contributed by atoms with Crippen molar-refractivity contribution in [3.05, 3.63) is 66.9 Å². The summed E-state index contributed by atoms with van der Waals surface area (Å²) in [6.07, 6.45) is 7.36. The number of hydrazone groups is 1. The number of anilines is 1. The number of ether oxygens (including phenoxy) is 1. The summed E-state index contributed by atoms with van der Waals surface area (Å²) in [4.78, 5) is 12.9. The lowest BCUT2D eigenvalue weighted by atomic mass is 10.1. The fourth-order valence-corrected chi connectivity index (χ4v) is 3.80. The van der Waals surface area contributed by atoms with Crippen LogP contribution < -0.4 is 16.3 Å². The van der Waals surface area contributed by atoms with Crippen molar-refractivity contribution in [2.75, 3.05) is 5.73 Å². The standard InChI is InChI=1S/C25H24FN7O/c1-15(22(32-28)12-29-21-5-3-2-4-20(21)26)33-13-19(23-24(27)30-14-31-25(23)33)16-6-8-17(9-7-16)34-18-10-11-18/h2-9,12-15,18H,10-11,28H2,1H3,(H2,27,30,31). The number of nitrogens with two attached hydrogens (primary N) is 2. The van der Waals surface area contributed by atoms with E-state index in [1.54, 1.807) is 18.2 Å². The van der Waals surface area contributed by atoms with Crippen LogP contribution in [0.5, 0.6) is 5.75 Å². The lowest BCUT2D eigenvalue weighted by molar-refractivity contribution is 0.303. The molecule has 1 unspecified atom stereocenters. The van der Waals surface area contributed by atoms with Gasteiger partial charge in [0.15, 0.2) is 0 Å². The van der Waals surface area contributed by atoms with E-state index in [1.165, 1.54) is 18.6 Å². The van der Waals surface area contributed by atoms with Crippen LogP contribution in [0.25, 0.3) is 22.2 Å². The van der Waals surface area contributed by atoms with Gasteiger partial charge in [-0.25, -0.2) is 14.4 Å². The van der Waals surface area contributed by atoms with Gasteiger partial charge in [-0.05, 0) is 49.6 Å². The molecule has 4 N–H and O–H groups in total. The van der Waals surface area contributed by atoms with Gasteiger partial charge in [-0.1, -0.05) is 24.3 Å². The molecule has 5 rings (SSSR count). The Morgan fingerprint density at radius 1 is 1.18 bits per heavy atom. The Labute approximate surface area is 195 Å². The highest BCUT2D eigenvalue weighted by atomic mass is 19.1. The topological polar surface area (TPSA) is 117 Å². The summed E-state index contributed by atoms with van der Waals surface area (Å²) in [5.74, 6) is 6.47. The first-order valence-corrected chi connectivity index (χ1v) is 11.0. The number of fused-ring (bicyclic) bond motifs is 1. The summed E-state index contributed by atoms with van der Waals surface area (Å²) < 4.78 is 21.8. The van der Waals surface area contributed by atoms with E-state index in [-0.39, 0.29) is 11.7 Å². The van der Waals surface area contributed by atoms with E-state index >= 15 is 0 Å². The molecule has 0 spiro atoms. The predicted molar refractivity (Wildman–Crippen MR) is 132 cm³/mol. The van der Waals surface area contributed by atoms with Crippen LogP contribution in [-0.4, -0.2) is 32.6 Å². The smallest absolute Gasteiger partial charge is 0.148 e. The van der Waals surface area contributed by atoms with Crippen molar-refractivity contribution < 1.29 is 9.13 Å². The number of nitrogens with zero attached hydrogens (tertiary/aromatic N) is 5. The summed E-state index contributed by atoms with van der Waals surface area (Å²) in [6, 6.07) is 13.8. The summed E-state index contributed by atoms with van der Waals surface area (Å²) in [5.41, 5.74) is 9.36. The molecule has 8 nitrogen and oxygen atoms in total. The van der Waals surface area contributed by atoms with Gasteiger partial charge in [0.2, 0.25) is 0 Å². The summed E-state index contributed by atoms with van der Waals surface area (Å²) in [7, 11) is 0. The number of nitrogen functional groups attached to an aromatic ring is 1. The van der Waals surface area contributed by atoms with Crippen LogP contribution in [0.2, 0.25) is 0 Å². The van der Waals surface area contributed by atoms with Crippen molar-refractivity contribution in [2.45, 2.75) is 31.9 Å². The number of para-hydroxylation sites is 1. The first kappa shape index (κ1) is 21.6. The zero-order valence-electron chi connectivity index (χ0n) is 18.6. The van der Waals surface area contributed by atoms with E-state index < -0.39 is 5.82 Å². The molecule has 2 aromatic heterocycles. The lowest BCUT2D eigenvalue weighted by Crippen LogP contribution is -2.19. The Hall–Kier alpha value is -4.27.